The summed E-state index contributed by atoms with van der Waals surface area (Å²) in [7, 11) is 1.57. The fraction of sp³-hybridized carbons (Fsp3) is 0.364. The van der Waals surface area contributed by atoms with Crippen LogP contribution in [0, 0.1) is 0 Å². The van der Waals surface area contributed by atoms with Crippen LogP contribution < -0.4 is 20.5 Å². The van der Waals surface area contributed by atoms with Gasteiger partial charge in [0.1, 0.15) is 11.4 Å². The van der Waals surface area contributed by atoms with Gasteiger partial charge in [-0.1, -0.05) is 20.3 Å². The van der Waals surface area contributed by atoms with Crippen molar-refractivity contribution in [3.63, 3.8) is 0 Å². The quantitative estimate of drug-likeness (QED) is 0.295. The van der Waals surface area contributed by atoms with Gasteiger partial charge in [0.2, 0.25) is 0 Å². The van der Waals surface area contributed by atoms with E-state index in [1.165, 1.54) is 28.4 Å². The molecule has 0 fully saturated rings. The van der Waals surface area contributed by atoms with Gasteiger partial charge in [-0.25, -0.2) is 10.4 Å². The molecule has 164 valence electrons. The molecule has 0 aliphatic rings. The number of hydrogen-bond donors (Lipinski definition) is 1. The molecule has 1 amide bonds. The molecule has 0 atom stereocenters. The molecule has 2 aromatic heterocycles. The highest BCUT2D eigenvalue weighted by Gasteiger charge is 2.11. The first kappa shape index (κ1) is 22.5. The Bertz CT molecular complexity index is 1140. The standard InChI is InChI=1S/C22H26N4O4S/c1-4-6-9-30-18-8-7-15(10-19(18)29-3)12-24-25-20(27)13-26-14-23-21-17(22(26)28)11-16(5-2)31-21/h7-8,10-12,14H,4-6,9,13H2,1-3H3,(H,25,27)/b24-12-. The number of carbonyl (C=O) groups is 1. The molecule has 0 saturated carbocycles. The van der Waals surface area contributed by atoms with Crippen LogP contribution in [0.2, 0.25) is 0 Å². The summed E-state index contributed by atoms with van der Waals surface area (Å²) < 4.78 is 12.4. The molecule has 3 aromatic rings. The normalized spacial score (nSPS) is 11.2. The molecule has 2 heterocycles. The maximum absolute atomic E-state index is 12.6. The second-order valence-corrected chi connectivity index (χ2v) is 7.98. The van der Waals surface area contributed by atoms with Crippen LogP contribution in [-0.2, 0) is 17.8 Å². The first-order chi connectivity index (χ1) is 15.0. The zero-order valence-electron chi connectivity index (χ0n) is 17.9. The molecule has 0 unspecified atom stereocenters. The topological polar surface area (TPSA) is 94.8 Å². The van der Waals surface area contributed by atoms with Gasteiger partial charge in [-0.3, -0.25) is 14.2 Å². The lowest BCUT2D eigenvalue weighted by Crippen LogP contribution is -2.29. The number of methoxy groups -OCH3 is 1. The minimum atomic E-state index is -0.420. The lowest BCUT2D eigenvalue weighted by molar-refractivity contribution is -0.121. The van der Waals surface area contributed by atoms with Gasteiger partial charge < -0.3 is 9.47 Å². The summed E-state index contributed by atoms with van der Waals surface area (Å²) in [5.41, 5.74) is 2.95. The van der Waals surface area contributed by atoms with Crippen molar-refractivity contribution in [2.24, 2.45) is 5.10 Å². The predicted molar refractivity (Wildman–Crippen MR) is 122 cm³/mol. The van der Waals surface area contributed by atoms with Gasteiger partial charge in [-0.2, -0.15) is 5.10 Å². The Hall–Kier alpha value is -3.20. The van der Waals surface area contributed by atoms with Crippen molar-refractivity contribution < 1.29 is 14.3 Å². The zero-order chi connectivity index (χ0) is 22.2. The highest BCUT2D eigenvalue weighted by atomic mass is 32.1. The van der Waals surface area contributed by atoms with E-state index in [-0.39, 0.29) is 12.1 Å². The van der Waals surface area contributed by atoms with Crippen LogP contribution in [0.3, 0.4) is 0 Å². The number of nitrogens with zero attached hydrogens (tertiary/aromatic N) is 3. The molecule has 1 N–H and O–H groups in total. The number of nitrogens with one attached hydrogen (secondary N) is 1. The van der Waals surface area contributed by atoms with E-state index in [0.29, 0.717) is 28.3 Å². The Morgan fingerprint density at radius 3 is 2.87 bits per heavy atom. The number of carbonyl (C=O) groups excluding carboxylic acids is 1. The van der Waals surface area contributed by atoms with Crippen molar-refractivity contribution in [2.75, 3.05) is 13.7 Å². The van der Waals surface area contributed by atoms with E-state index >= 15 is 0 Å². The average molecular weight is 443 g/mol. The molecule has 9 heteroatoms. The molecular formula is C22H26N4O4S. The van der Waals surface area contributed by atoms with E-state index in [0.717, 1.165) is 29.7 Å². The molecular weight excluding hydrogens is 416 g/mol. The minimum absolute atomic E-state index is 0.163. The lowest BCUT2D eigenvalue weighted by Gasteiger charge is -2.10. The Kier molecular flexibility index (Phi) is 7.77. The molecule has 31 heavy (non-hydrogen) atoms. The Morgan fingerprint density at radius 1 is 1.29 bits per heavy atom. The Balaban J connectivity index is 1.62. The SMILES string of the molecule is CCCCOc1ccc(/C=N\NC(=O)Cn2cnc3sc(CC)cc3c2=O)cc1OC. The summed E-state index contributed by atoms with van der Waals surface area (Å²) in [5.74, 6) is 0.843. The zero-order valence-corrected chi connectivity index (χ0v) is 18.7. The molecule has 0 spiro atoms. The van der Waals surface area contributed by atoms with Crippen LogP contribution in [0.4, 0.5) is 0 Å². The van der Waals surface area contributed by atoms with Crippen LogP contribution in [0.5, 0.6) is 11.5 Å². The van der Waals surface area contributed by atoms with Gasteiger partial charge in [0.25, 0.3) is 11.5 Å². The summed E-state index contributed by atoms with van der Waals surface area (Å²) in [6, 6.07) is 7.25. The van der Waals surface area contributed by atoms with E-state index in [9.17, 15) is 9.59 Å². The fourth-order valence-electron chi connectivity index (χ4n) is 2.88. The minimum Gasteiger partial charge on any atom is -0.493 e. The summed E-state index contributed by atoms with van der Waals surface area (Å²) in [5, 5.41) is 4.51. The number of rotatable bonds is 10. The molecule has 3 rings (SSSR count). The van der Waals surface area contributed by atoms with Crippen LogP contribution in [-0.4, -0.2) is 35.4 Å². The molecule has 0 saturated heterocycles. The van der Waals surface area contributed by atoms with Crippen LogP contribution in [0.15, 0.2) is 40.5 Å². The largest absolute Gasteiger partial charge is 0.493 e. The van der Waals surface area contributed by atoms with E-state index in [2.05, 4.69) is 22.4 Å². The number of unbranched alkanes of at least 4 members (excludes halogenated alkanes) is 1. The van der Waals surface area contributed by atoms with E-state index in [1.54, 1.807) is 13.2 Å². The van der Waals surface area contributed by atoms with Crippen LogP contribution >= 0.6 is 11.3 Å². The van der Waals surface area contributed by atoms with Gasteiger partial charge in [-0.05, 0) is 42.7 Å². The first-order valence-corrected chi connectivity index (χ1v) is 11.0. The second-order valence-electron chi connectivity index (χ2n) is 6.87. The third kappa shape index (κ3) is 5.69. The fourth-order valence-corrected chi connectivity index (χ4v) is 3.80. The number of fused-ring (bicyclic) bond motifs is 1. The van der Waals surface area contributed by atoms with Crippen molar-refractivity contribution in [1.82, 2.24) is 15.0 Å². The number of benzene rings is 1. The number of hydrazone groups is 1. The van der Waals surface area contributed by atoms with Crippen molar-refractivity contribution in [3.05, 3.63) is 51.4 Å². The van der Waals surface area contributed by atoms with Gasteiger partial charge in [0, 0.05) is 4.88 Å². The predicted octanol–water partition coefficient (Wildman–Crippen LogP) is 3.36. The highest BCUT2D eigenvalue weighted by molar-refractivity contribution is 7.18. The number of thiophene rings is 1. The van der Waals surface area contributed by atoms with E-state index in [4.69, 9.17) is 9.47 Å². The smallest absolute Gasteiger partial charge is 0.262 e. The van der Waals surface area contributed by atoms with Gasteiger partial charge in [0.05, 0.1) is 31.6 Å². The summed E-state index contributed by atoms with van der Waals surface area (Å²) in [4.78, 5) is 30.8. The third-order valence-electron chi connectivity index (χ3n) is 4.58. The van der Waals surface area contributed by atoms with Crippen LogP contribution in [0.1, 0.15) is 37.1 Å². The number of aromatic nitrogens is 2. The second kappa shape index (κ2) is 10.7. The lowest BCUT2D eigenvalue weighted by atomic mass is 10.2. The molecule has 0 bridgehead atoms. The number of ether oxygens (including phenoxy) is 2. The monoisotopic (exact) mass is 442 g/mol. The van der Waals surface area contributed by atoms with E-state index in [1.807, 2.05) is 25.1 Å². The van der Waals surface area contributed by atoms with Gasteiger partial charge >= 0.3 is 0 Å². The summed E-state index contributed by atoms with van der Waals surface area (Å²) in [6.07, 6.45) is 5.76. The van der Waals surface area contributed by atoms with Crippen molar-refractivity contribution in [2.45, 2.75) is 39.7 Å². The van der Waals surface area contributed by atoms with Crippen molar-refractivity contribution in [3.8, 4) is 11.5 Å². The van der Waals surface area contributed by atoms with Crippen LogP contribution in [0.25, 0.3) is 10.2 Å². The Labute approximate surface area is 184 Å². The average Bonchev–Trinajstić information content (AvgIpc) is 3.21. The number of hydrogen-bond acceptors (Lipinski definition) is 7. The van der Waals surface area contributed by atoms with Crippen molar-refractivity contribution >= 4 is 33.7 Å². The number of aryl methyl sites for hydroxylation is 1. The maximum atomic E-state index is 12.6. The van der Waals surface area contributed by atoms with Gasteiger partial charge in [0.15, 0.2) is 11.5 Å². The number of amides is 1. The molecule has 8 nitrogen and oxygen atoms in total. The molecule has 0 aliphatic heterocycles. The molecule has 0 aliphatic carbocycles. The maximum Gasteiger partial charge on any atom is 0.262 e. The third-order valence-corrected chi connectivity index (χ3v) is 5.76. The Morgan fingerprint density at radius 2 is 2.13 bits per heavy atom. The highest BCUT2D eigenvalue weighted by Crippen LogP contribution is 2.27. The van der Waals surface area contributed by atoms with Gasteiger partial charge in [-0.15, -0.1) is 11.3 Å². The van der Waals surface area contributed by atoms with Crippen molar-refractivity contribution in [1.29, 1.82) is 0 Å². The summed E-state index contributed by atoms with van der Waals surface area (Å²) in [6.45, 7) is 4.59. The summed E-state index contributed by atoms with van der Waals surface area (Å²) >= 11 is 1.49. The first-order valence-electron chi connectivity index (χ1n) is 10.2. The molecule has 0 radical (unpaired) electrons. The molecule has 1 aromatic carbocycles. The van der Waals surface area contributed by atoms with E-state index < -0.39 is 5.91 Å².